The van der Waals surface area contributed by atoms with Gasteiger partial charge in [0.25, 0.3) is 0 Å². The number of hydrogen-bond donors (Lipinski definition) is 2. The van der Waals surface area contributed by atoms with E-state index in [2.05, 4.69) is 44.9 Å². The smallest absolute Gasteiger partial charge is 0.161 e. The van der Waals surface area contributed by atoms with E-state index < -0.39 is 0 Å². The lowest BCUT2D eigenvalue weighted by Gasteiger charge is -2.11. The fourth-order valence-corrected chi connectivity index (χ4v) is 4.91. The summed E-state index contributed by atoms with van der Waals surface area (Å²) < 4.78 is 24.2. The molecule has 0 unspecified atom stereocenters. The monoisotopic (exact) mass is 549 g/mol. The molecule has 2 N–H and O–H groups in total. The van der Waals surface area contributed by atoms with Crippen LogP contribution in [0, 0.1) is 5.82 Å². The molecule has 0 saturated carbocycles. The van der Waals surface area contributed by atoms with Crippen LogP contribution in [0.3, 0.4) is 0 Å². The van der Waals surface area contributed by atoms with Gasteiger partial charge in [-0.25, -0.2) is 19.3 Å². The standard InChI is InChI=1S/C28H25ClFN5O2S/c1-36-12-11-31-15-18-5-7-20(8-6-18)27-35-25-26(32-17-33-28(25)38-27)34-22-9-10-24(23(29)14-22)37-16-19-3-2-4-21(30)13-19/h2-10,13-14,17,31H,11-12,15-16H2,1H3,(H,32,33,34). The molecule has 3 aromatic carbocycles. The number of ether oxygens (including phenoxy) is 2. The Morgan fingerprint density at radius 2 is 1.87 bits per heavy atom. The highest BCUT2D eigenvalue weighted by Crippen LogP contribution is 2.34. The van der Waals surface area contributed by atoms with E-state index in [0.29, 0.717) is 28.7 Å². The number of thiazole rings is 1. The van der Waals surface area contributed by atoms with E-state index in [0.717, 1.165) is 39.7 Å². The third-order valence-electron chi connectivity index (χ3n) is 5.69. The average Bonchev–Trinajstić information content (AvgIpc) is 3.37. The Bertz CT molecular complexity index is 1530. The molecule has 0 saturated heterocycles. The van der Waals surface area contributed by atoms with Gasteiger partial charge in [0, 0.05) is 31.5 Å². The minimum absolute atomic E-state index is 0.212. The van der Waals surface area contributed by atoms with Gasteiger partial charge in [0.2, 0.25) is 0 Å². The maximum atomic E-state index is 13.4. The number of halogens is 2. The van der Waals surface area contributed by atoms with Crippen molar-refractivity contribution in [2.24, 2.45) is 0 Å². The van der Waals surface area contributed by atoms with E-state index in [9.17, 15) is 4.39 Å². The molecule has 0 radical (unpaired) electrons. The number of fused-ring (bicyclic) bond motifs is 1. The maximum absolute atomic E-state index is 13.4. The molecule has 0 aliphatic carbocycles. The molecule has 0 bridgehead atoms. The highest BCUT2D eigenvalue weighted by molar-refractivity contribution is 7.21. The predicted molar refractivity (Wildman–Crippen MR) is 150 cm³/mol. The van der Waals surface area contributed by atoms with Gasteiger partial charge in [0.1, 0.15) is 39.9 Å². The minimum atomic E-state index is -0.304. The third kappa shape index (κ3) is 6.43. The van der Waals surface area contributed by atoms with E-state index in [1.54, 1.807) is 31.4 Å². The minimum Gasteiger partial charge on any atom is -0.487 e. The van der Waals surface area contributed by atoms with Crippen molar-refractivity contribution in [3.05, 3.63) is 95.0 Å². The van der Waals surface area contributed by atoms with Crippen LogP contribution in [-0.4, -0.2) is 35.2 Å². The van der Waals surface area contributed by atoms with Crippen LogP contribution >= 0.6 is 22.9 Å². The number of nitrogens with zero attached hydrogens (tertiary/aromatic N) is 3. The van der Waals surface area contributed by atoms with Crippen LogP contribution in [0.4, 0.5) is 15.9 Å². The SMILES string of the molecule is COCCNCc1ccc(-c2nc3c(Nc4ccc(OCc5cccc(F)c5)c(Cl)c4)ncnc3s2)cc1. The van der Waals surface area contributed by atoms with E-state index >= 15 is 0 Å². The van der Waals surface area contributed by atoms with Crippen molar-refractivity contribution in [2.45, 2.75) is 13.2 Å². The van der Waals surface area contributed by atoms with Crippen molar-refractivity contribution in [1.29, 1.82) is 0 Å². The maximum Gasteiger partial charge on any atom is 0.161 e. The van der Waals surface area contributed by atoms with Gasteiger partial charge in [-0.3, -0.25) is 0 Å². The second-order valence-corrected chi connectivity index (χ2v) is 9.84. The van der Waals surface area contributed by atoms with E-state index in [1.807, 2.05) is 6.07 Å². The molecule has 5 aromatic rings. The van der Waals surface area contributed by atoms with Gasteiger partial charge in [-0.1, -0.05) is 59.3 Å². The second-order valence-electron chi connectivity index (χ2n) is 8.45. The van der Waals surface area contributed by atoms with Crippen LogP contribution in [-0.2, 0) is 17.9 Å². The molecule has 0 fully saturated rings. The van der Waals surface area contributed by atoms with Crippen molar-refractivity contribution in [1.82, 2.24) is 20.3 Å². The van der Waals surface area contributed by atoms with Crippen molar-refractivity contribution in [3.63, 3.8) is 0 Å². The number of nitrogens with one attached hydrogen (secondary N) is 2. The highest BCUT2D eigenvalue weighted by atomic mass is 35.5. The first kappa shape index (κ1) is 26.0. The Labute approximate surface area is 228 Å². The molecule has 194 valence electrons. The van der Waals surface area contributed by atoms with Crippen LogP contribution in [0.15, 0.2) is 73.1 Å². The Morgan fingerprint density at radius 3 is 2.66 bits per heavy atom. The number of rotatable bonds is 11. The molecule has 0 aliphatic rings. The van der Waals surface area contributed by atoms with Crippen molar-refractivity contribution < 1.29 is 13.9 Å². The summed E-state index contributed by atoms with van der Waals surface area (Å²) in [5, 5.41) is 7.92. The first-order chi connectivity index (χ1) is 18.6. The van der Waals surface area contributed by atoms with E-state index in [4.69, 9.17) is 26.1 Å². The number of benzene rings is 3. The molecule has 7 nitrogen and oxygen atoms in total. The molecule has 10 heteroatoms. The Morgan fingerprint density at radius 1 is 1.00 bits per heavy atom. The van der Waals surface area contributed by atoms with Gasteiger partial charge in [0.15, 0.2) is 5.82 Å². The normalized spacial score (nSPS) is 11.1. The molecule has 0 atom stereocenters. The lowest BCUT2D eigenvalue weighted by molar-refractivity contribution is 0.199. The first-order valence-corrected chi connectivity index (χ1v) is 13.1. The summed E-state index contributed by atoms with van der Waals surface area (Å²) in [7, 11) is 1.69. The number of methoxy groups -OCH3 is 1. The summed E-state index contributed by atoms with van der Waals surface area (Å²) >= 11 is 7.97. The fourth-order valence-electron chi connectivity index (χ4n) is 3.76. The van der Waals surface area contributed by atoms with Gasteiger partial charge in [-0.05, 0) is 41.5 Å². The predicted octanol–water partition coefficient (Wildman–Crippen LogP) is 6.60. The van der Waals surface area contributed by atoms with Gasteiger partial charge >= 0.3 is 0 Å². The molecule has 2 aromatic heterocycles. The summed E-state index contributed by atoms with van der Waals surface area (Å²) in [5.41, 5.74) is 4.34. The third-order valence-corrected chi connectivity index (χ3v) is 6.99. The summed E-state index contributed by atoms with van der Waals surface area (Å²) in [6.07, 6.45) is 1.51. The van der Waals surface area contributed by atoms with Gasteiger partial charge in [0.05, 0.1) is 11.6 Å². The molecular weight excluding hydrogens is 525 g/mol. The fraction of sp³-hybridized carbons (Fsp3) is 0.179. The Hall–Kier alpha value is -3.63. The van der Waals surface area contributed by atoms with Gasteiger partial charge in [-0.15, -0.1) is 0 Å². The first-order valence-electron chi connectivity index (χ1n) is 11.9. The number of hydrogen-bond acceptors (Lipinski definition) is 8. The summed E-state index contributed by atoms with van der Waals surface area (Å²) in [6.45, 7) is 2.48. The van der Waals surface area contributed by atoms with E-state index in [-0.39, 0.29) is 12.4 Å². The van der Waals surface area contributed by atoms with Crippen LogP contribution in [0.5, 0.6) is 5.75 Å². The summed E-state index contributed by atoms with van der Waals surface area (Å²) in [5.74, 6) is 0.782. The molecule has 0 spiro atoms. The zero-order chi connectivity index (χ0) is 26.3. The zero-order valence-electron chi connectivity index (χ0n) is 20.6. The number of aromatic nitrogens is 3. The van der Waals surface area contributed by atoms with Crippen molar-refractivity contribution >= 4 is 44.8 Å². The quantitative estimate of drug-likeness (QED) is 0.179. The van der Waals surface area contributed by atoms with Crippen molar-refractivity contribution in [3.8, 4) is 16.3 Å². The zero-order valence-corrected chi connectivity index (χ0v) is 22.2. The lowest BCUT2D eigenvalue weighted by atomic mass is 10.1. The molecule has 0 aliphatic heterocycles. The largest absolute Gasteiger partial charge is 0.487 e. The molecular formula is C28H25ClFN5O2S. The van der Waals surface area contributed by atoms with Crippen LogP contribution in [0.1, 0.15) is 11.1 Å². The summed E-state index contributed by atoms with van der Waals surface area (Å²) in [4.78, 5) is 14.4. The summed E-state index contributed by atoms with van der Waals surface area (Å²) in [6, 6.07) is 19.9. The molecule has 0 amide bonds. The van der Waals surface area contributed by atoms with Crippen LogP contribution in [0.2, 0.25) is 5.02 Å². The highest BCUT2D eigenvalue weighted by Gasteiger charge is 2.13. The van der Waals surface area contributed by atoms with Gasteiger partial charge in [-0.2, -0.15) is 0 Å². The van der Waals surface area contributed by atoms with Crippen LogP contribution < -0.4 is 15.4 Å². The lowest BCUT2D eigenvalue weighted by Crippen LogP contribution is -2.18. The molecule has 38 heavy (non-hydrogen) atoms. The Balaban J connectivity index is 1.28. The topological polar surface area (TPSA) is 81.2 Å². The molecule has 5 rings (SSSR count). The van der Waals surface area contributed by atoms with Gasteiger partial charge < -0.3 is 20.1 Å². The van der Waals surface area contributed by atoms with Crippen molar-refractivity contribution in [2.75, 3.05) is 25.6 Å². The van der Waals surface area contributed by atoms with Crippen LogP contribution in [0.25, 0.3) is 20.9 Å². The second kappa shape index (κ2) is 12.3. The average molecular weight is 550 g/mol. The molecule has 2 heterocycles. The number of anilines is 2. The Kier molecular flexibility index (Phi) is 8.40. The van der Waals surface area contributed by atoms with E-state index in [1.165, 1.54) is 35.4 Å².